The first-order chi connectivity index (χ1) is 16.1. The van der Waals surface area contributed by atoms with Gasteiger partial charge in [0.2, 0.25) is 5.69 Å². The number of rotatable bonds is 5. The summed E-state index contributed by atoms with van der Waals surface area (Å²) in [5.41, 5.74) is 2.65. The zero-order valence-electron chi connectivity index (χ0n) is 18.4. The topological polar surface area (TPSA) is 129 Å². The summed E-state index contributed by atoms with van der Waals surface area (Å²) in [6.07, 6.45) is 2.71. The maximum atomic E-state index is 11.1. The third-order valence-corrected chi connectivity index (χ3v) is 6.01. The number of nitrogens with zero attached hydrogens (tertiary/aromatic N) is 3. The van der Waals surface area contributed by atoms with Crippen molar-refractivity contribution in [3.63, 3.8) is 0 Å². The van der Waals surface area contributed by atoms with Gasteiger partial charge in [-0.2, -0.15) is 13.2 Å². The fourth-order valence-electron chi connectivity index (χ4n) is 4.22. The second-order valence-corrected chi connectivity index (χ2v) is 8.33. The fourth-order valence-corrected chi connectivity index (χ4v) is 4.22. The van der Waals surface area contributed by atoms with E-state index in [1.807, 2.05) is 0 Å². The van der Waals surface area contributed by atoms with Crippen LogP contribution in [0, 0.1) is 0 Å². The number of carboxylic acids is 2. The molecule has 1 aliphatic heterocycles. The normalized spacial score (nSPS) is 20.7. The van der Waals surface area contributed by atoms with Gasteiger partial charge in [-0.05, 0) is 68.6 Å². The van der Waals surface area contributed by atoms with E-state index in [9.17, 15) is 18.0 Å². The van der Waals surface area contributed by atoms with Crippen molar-refractivity contribution >= 4 is 17.6 Å². The van der Waals surface area contributed by atoms with E-state index in [1.54, 1.807) is 0 Å². The Morgan fingerprint density at radius 2 is 1.59 bits per heavy atom. The molecule has 1 aliphatic carbocycles. The van der Waals surface area contributed by atoms with Crippen LogP contribution in [0.15, 0.2) is 24.3 Å². The molecule has 0 amide bonds. The van der Waals surface area contributed by atoms with Crippen molar-refractivity contribution in [1.82, 2.24) is 15.4 Å². The Balaban J connectivity index is 0.000000406. The number of alkyl halides is 3. The standard InChI is InChI=1S/C20H26N4O3.C2HF3O2/c25-20(26)18-19(22-23-21-18)27-17-10-6-15(7-11-17)14-4-8-16(9-5-14)24-12-2-1-3-13-24;3-2(4,5)1(6)7/h4-5,8-9,15,17H,1-3,6-7,10-13H2,(H,25,26)(H,21,22,23);(H,6,7). The number of H-pyrrole nitrogens is 1. The molecule has 4 rings (SSSR count). The SMILES string of the molecule is O=C(O)C(F)(F)F.O=C(O)c1[nH]nnc1OC1CCC(c2ccc(N3CCCCC3)cc2)CC1. The van der Waals surface area contributed by atoms with Gasteiger partial charge < -0.3 is 19.8 Å². The van der Waals surface area contributed by atoms with Crippen LogP contribution in [0.4, 0.5) is 18.9 Å². The average Bonchev–Trinajstić information content (AvgIpc) is 3.29. The second kappa shape index (κ2) is 11.2. The van der Waals surface area contributed by atoms with Crippen molar-refractivity contribution in [3.05, 3.63) is 35.5 Å². The molecule has 0 spiro atoms. The van der Waals surface area contributed by atoms with Crippen LogP contribution in [-0.4, -0.2) is 62.9 Å². The Morgan fingerprint density at radius 1 is 1.00 bits per heavy atom. The number of hydrogen-bond acceptors (Lipinski definition) is 6. The van der Waals surface area contributed by atoms with Gasteiger partial charge in [-0.15, -0.1) is 0 Å². The first kappa shape index (κ1) is 25.3. The highest BCUT2D eigenvalue weighted by Gasteiger charge is 2.38. The Hall–Kier alpha value is -3.31. The maximum absolute atomic E-state index is 11.1. The van der Waals surface area contributed by atoms with Gasteiger partial charge in [0, 0.05) is 18.8 Å². The van der Waals surface area contributed by atoms with Crippen LogP contribution in [0.5, 0.6) is 5.88 Å². The summed E-state index contributed by atoms with van der Waals surface area (Å²) >= 11 is 0. The zero-order valence-corrected chi connectivity index (χ0v) is 18.4. The highest BCUT2D eigenvalue weighted by atomic mass is 19.4. The molecule has 1 saturated heterocycles. The first-order valence-corrected chi connectivity index (χ1v) is 11.1. The van der Waals surface area contributed by atoms with Crippen molar-refractivity contribution in [2.75, 3.05) is 18.0 Å². The quantitative estimate of drug-likeness (QED) is 0.575. The van der Waals surface area contributed by atoms with Crippen LogP contribution in [-0.2, 0) is 4.79 Å². The monoisotopic (exact) mass is 484 g/mol. The number of aromatic nitrogens is 3. The summed E-state index contributed by atoms with van der Waals surface area (Å²) in [6.45, 7) is 2.34. The van der Waals surface area contributed by atoms with Crippen LogP contribution in [0.1, 0.15) is 66.9 Å². The largest absolute Gasteiger partial charge is 0.490 e. The molecule has 2 aromatic rings. The van der Waals surface area contributed by atoms with Crippen molar-refractivity contribution in [2.45, 2.75) is 63.1 Å². The number of aromatic carboxylic acids is 1. The lowest BCUT2D eigenvalue weighted by atomic mass is 9.82. The molecule has 0 unspecified atom stereocenters. The number of aromatic amines is 1. The third-order valence-electron chi connectivity index (χ3n) is 6.01. The molecule has 9 nitrogen and oxygen atoms in total. The molecule has 0 atom stereocenters. The lowest BCUT2D eigenvalue weighted by molar-refractivity contribution is -0.192. The molecule has 34 heavy (non-hydrogen) atoms. The molecule has 2 aliphatic rings. The van der Waals surface area contributed by atoms with Crippen molar-refractivity contribution in [2.24, 2.45) is 0 Å². The van der Waals surface area contributed by atoms with E-state index in [0.29, 0.717) is 5.92 Å². The van der Waals surface area contributed by atoms with Crippen LogP contribution in [0.2, 0.25) is 0 Å². The predicted octanol–water partition coefficient (Wildman–Crippen LogP) is 4.23. The number of carboxylic acid groups (broad SMARTS) is 2. The zero-order chi connectivity index (χ0) is 24.7. The minimum absolute atomic E-state index is 0.00271. The molecule has 0 bridgehead atoms. The molecule has 2 heterocycles. The Kier molecular flexibility index (Phi) is 8.35. The predicted molar refractivity (Wildman–Crippen MR) is 115 cm³/mol. The minimum atomic E-state index is -5.08. The fraction of sp³-hybridized carbons (Fsp3) is 0.545. The minimum Gasteiger partial charge on any atom is -0.476 e. The van der Waals surface area contributed by atoms with Crippen LogP contribution in [0.25, 0.3) is 0 Å². The summed E-state index contributed by atoms with van der Waals surface area (Å²) in [7, 11) is 0. The number of nitrogens with one attached hydrogen (secondary N) is 1. The number of hydrogen-bond donors (Lipinski definition) is 3. The third kappa shape index (κ3) is 6.84. The van der Waals surface area contributed by atoms with E-state index in [1.165, 1.54) is 43.6 Å². The van der Waals surface area contributed by atoms with Gasteiger partial charge in [0.15, 0.2) is 0 Å². The lowest BCUT2D eigenvalue weighted by Gasteiger charge is -2.30. The molecule has 1 aromatic heterocycles. The van der Waals surface area contributed by atoms with Gasteiger partial charge >= 0.3 is 18.1 Å². The average molecular weight is 484 g/mol. The Labute approximate surface area is 193 Å². The Morgan fingerprint density at radius 3 is 2.12 bits per heavy atom. The molecule has 186 valence electrons. The van der Waals surface area contributed by atoms with E-state index in [4.69, 9.17) is 19.7 Å². The van der Waals surface area contributed by atoms with Gasteiger partial charge in [-0.3, -0.25) is 0 Å². The number of carbonyl (C=O) groups is 2. The first-order valence-electron chi connectivity index (χ1n) is 11.1. The van der Waals surface area contributed by atoms with E-state index < -0.39 is 18.1 Å². The number of piperidine rings is 1. The molecular formula is C22H27F3N4O5. The number of benzene rings is 1. The summed E-state index contributed by atoms with van der Waals surface area (Å²) in [4.78, 5) is 22.5. The second-order valence-electron chi connectivity index (χ2n) is 8.33. The molecule has 2 fully saturated rings. The smallest absolute Gasteiger partial charge is 0.476 e. The number of aliphatic carboxylic acids is 1. The van der Waals surface area contributed by atoms with E-state index in [-0.39, 0.29) is 17.7 Å². The summed E-state index contributed by atoms with van der Waals surface area (Å²) in [5, 5.41) is 25.9. The number of halogens is 3. The van der Waals surface area contributed by atoms with Crippen molar-refractivity contribution in [1.29, 1.82) is 0 Å². The van der Waals surface area contributed by atoms with Crippen molar-refractivity contribution < 1.29 is 37.7 Å². The summed E-state index contributed by atoms with van der Waals surface area (Å²) in [6, 6.07) is 9.07. The number of ether oxygens (including phenoxy) is 1. The highest BCUT2D eigenvalue weighted by molar-refractivity contribution is 5.87. The summed E-state index contributed by atoms with van der Waals surface area (Å²) in [5.74, 6) is -3.22. The molecule has 12 heteroatoms. The van der Waals surface area contributed by atoms with Crippen molar-refractivity contribution in [3.8, 4) is 5.88 Å². The van der Waals surface area contributed by atoms with Gasteiger partial charge in [-0.25, -0.2) is 14.7 Å². The lowest BCUT2D eigenvalue weighted by Crippen LogP contribution is -2.29. The van der Waals surface area contributed by atoms with Gasteiger partial charge in [-0.1, -0.05) is 22.4 Å². The maximum Gasteiger partial charge on any atom is 0.490 e. The molecular weight excluding hydrogens is 457 g/mol. The molecule has 3 N–H and O–H groups in total. The number of anilines is 1. The molecule has 1 aromatic carbocycles. The molecule has 0 radical (unpaired) electrons. The van der Waals surface area contributed by atoms with E-state index >= 15 is 0 Å². The van der Waals surface area contributed by atoms with Crippen LogP contribution in [0.3, 0.4) is 0 Å². The van der Waals surface area contributed by atoms with Gasteiger partial charge in [0.1, 0.15) is 6.10 Å². The van der Waals surface area contributed by atoms with Gasteiger partial charge in [0.25, 0.3) is 5.88 Å². The van der Waals surface area contributed by atoms with E-state index in [2.05, 4.69) is 44.6 Å². The highest BCUT2D eigenvalue weighted by Crippen LogP contribution is 2.35. The van der Waals surface area contributed by atoms with Crippen LogP contribution >= 0.6 is 0 Å². The van der Waals surface area contributed by atoms with E-state index in [0.717, 1.165) is 25.7 Å². The van der Waals surface area contributed by atoms with Gasteiger partial charge in [0.05, 0.1) is 0 Å². The van der Waals surface area contributed by atoms with Crippen LogP contribution < -0.4 is 9.64 Å². The summed E-state index contributed by atoms with van der Waals surface area (Å²) < 4.78 is 37.5. The molecule has 1 saturated carbocycles. The Bertz CT molecular complexity index is 950.